The predicted molar refractivity (Wildman–Crippen MR) is 63.5 cm³/mol. The standard InChI is InChI=1S/C13H18O3/c1-5-8-10-11(6-2)16-9(4)12(10)13(14)15-7-3/h5,8H,6-7H2,1-4H3/b8-5-. The number of allylic oxidation sites excluding steroid dienone is 1. The Hall–Kier alpha value is -1.51. The second-order valence-electron chi connectivity index (χ2n) is 3.44. The van der Waals surface area contributed by atoms with Crippen LogP contribution in [0.3, 0.4) is 0 Å². The highest BCUT2D eigenvalue weighted by Gasteiger charge is 2.21. The summed E-state index contributed by atoms with van der Waals surface area (Å²) in [5, 5.41) is 0. The molecule has 3 nitrogen and oxygen atoms in total. The highest BCUT2D eigenvalue weighted by Crippen LogP contribution is 2.25. The first-order valence-electron chi connectivity index (χ1n) is 5.57. The van der Waals surface area contributed by atoms with Gasteiger partial charge in [0.15, 0.2) is 0 Å². The number of aryl methyl sites for hydroxylation is 2. The van der Waals surface area contributed by atoms with Crippen LogP contribution in [0.2, 0.25) is 0 Å². The van der Waals surface area contributed by atoms with Gasteiger partial charge >= 0.3 is 5.97 Å². The average molecular weight is 222 g/mol. The van der Waals surface area contributed by atoms with Crippen LogP contribution in [0, 0.1) is 6.92 Å². The van der Waals surface area contributed by atoms with Gasteiger partial charge in [-0.05, 0) is 20.8 Å². The van der Waals surface area contributed by atoms with Gasteiger partial charge in [-0.1, -0.05) is 19.1 Å². The Morgan fingerprint density at radius 2 is 2.12 bits per heavy atom. The minimum absolute atomic E-state index is 0.309. The van der Waals surface area contributed by atoms with Crippen LogP contribution in [-0.4, -0.2) is 12.6 Å². The molecule has 0 saturated carbocycles. The number of carbonyl (C=O) groups is 1. The molecule has 3 heteroatoms. The molecule has 1 rings (SSSR count). The number of rotatable bonds is 4. The van der Waals surface area contributed by atoms with Crippen LogP contribution in [0.4, 0.5) is 0 Å². The third-order valence-corrected chi connectivity index (χ3v) is 2.33. The van der Waals surface area contributed by atoms with E-state index in [0.717, 1.165) is 17.7 Å². The summed E-state index contributed by atoms with van der Waals surface area (Å²) in [4.78, 5) is 11.8. The van der Waals surface area contributed by atoms with Crippen molar-refractivity contribution in [2.45, 2.75) is 34.1 Å². The second kappa shape index (κ2) is 5.54. The monoisotopic (exact) mass is 222 g/mol. The molecule has 0 spiro atoms. The topological polar surface area (TPSA) is 39.4 Å². The molecule has 0 radical (unpaired) electrons. The number of ether oxygens (including phenoxy) is 1. The molecule has 0 aliphatic rings. The van der Waals surface area contributed by atoms with Crippen LogP contribution in [0.15, 0.2) is 10.5 Å². The van der Waals surface area contributed by atoms with Gasteiger partial charge in [-0.15, -0.1) is 0 Å². The van der Waals surface area contributed by atoms with E-state index in [-0.39, 0.29) is 5.97 Å². The Morgan fingerprint density at radius 3 is 2.62 bits per heavy atom. The lowest BCUT2D eigenvalue weighted by Crippen LogP contribution is -2.06. The van der Waals surface area contributed by atoms with E-state index in [0.29, 0.717) is 17.9 Å². The zero-order chi connectivity index (χ0) is 12.1. The zero-order valence-corrected chi connectivity index (χ0v) is 10.3. The maximum atomic E-state index is 11.8. The lowest BCUT2D eigenvalue weighted by molar-refractivity contribution is 0.0524. The molecule has 0 amide bonds. The van der Waals surface area contributed by atoms with Crippen LogP contribution < -0.4 is 0 Å². The lowest BCUT2D eigenvalue weighted by atomic mass is 10.1. The molecule has 0 atom stereocenters. The summed E-state index contributed by atoms with van der Waals surface area (Å²) >= 11 is 0. The number of hydrogen-bond donors (Lipinski definition) is 0. The van der Waals surface area contributed by atoms with Crippen molar-refractivity contribution in [1.29, 1.82) is 0 Å². The maximum Gasteiger partial charge on any atom is 0.342 e. The minimum Gasteiger partial charge on any atom is -0.465 e. The fraction of sp³-hybridized carbons (Fsp3) is 0.462. The van der Waals surface area contributed by atoms with Gasteiger partial charge in [0.1, 0.15) is 17.1 Å². The van der Waals surface area contributed by atoms with Gasteiger partial charge in [0.25, 0.3) is 0 Å². The summed E-state index contributed by atoms with van der Waals surface area (Å²) < 4.78 is 10.6. The molecule has 16 heavy (non-hydrogen) atoms. The second-order valence-corrected chi connectivity index (χ2v) is 3.44. The molecule has 0 bridgehead atoms. The van der Waals surface area contributed by atoms with E-state index in [2.05, 4.69) is 0 Å². The summed E-state index contributed by atoms with van der Waals surface area (Å²) in [7, 11) is 0. The van der Waals surface area contributed by atoms with Crippen molar-refractivity contribution in [2.24, 2.45) is 0 Å². The van der Waals surface area contributed by atoms with Gasteiger partial charge in [0.2, 0.25) is 0 Å². The van der Waals surface area contributed by atoms with E-state index in [1.807, 2.05) is 26.0 Å². The van der Waals surface area contributed by atoms with E-state index in [4.69, 9.17) is 9.15 Å². The molecule has 0 fully saturated rings. The third kappa shape index (κ3) is 2.35. The SMILES string of the molecule is C/C=C\c1c(CC)oc(C)c1C(=O)OCC. The molecule has 0 aliphatic carbocycles. The number of esters is 1. The van der Waals surface area contributed by atoms with Crippen LogP contribution >= 0.6 is 0 Å². The molecule has 88 valence electrons. The van der Waals surface area contributed by atoms with Gasteiger partial charge in [-0.25, -0.2) is 4.79 Å². The summed E-state index contributed by atoms with van der Waals surface area (Å²) in [6.45, 7) is 7.87. The average Bonchev–Trinajstić information content (AvgIpc) is 2.56. The highest BCUT2D eigenvalue weighted by atomic mass is 16.5. The van der Waals surface area contributed by atoms with Crippen molar-refractivity contribution < 1.29 is 13.9 Å². The highest BCUT2D eigenvalue weighted by molar-refractivity contribution is 5.95. The van der Waals surface area contributed by atoms with Crippen LogP contribution in [-0.2, 0) is 11.2 Å². The molecule has 1 aromatic rings. The van der Waals surface area contributed by atoms with Crippen molar-refractivity contribution >= 4 is 12.0 Å². The van der Waals surface area contributed by atoms with Crippen molar-refractivity contribution in [3.63, 3.8) is 0 Å². The molecule has 0 aliphatic heterocycles. The molecule has 0 saturated heterocycles. The van der Waals surface area contributed by atoms with Gasteiger partial charge in [-0.3, -0.25) is 0 Å². The van der Waals surface area contributed by atoms with Crippen molar-refractivity contribution in [3.8, 4) is 0 Å². The molecule has 1 aromatic heterocycles. The van der Waals surface area contributed by atoms with E-state index < -0.39 is 0 Å². The van der Waals surface area contributed by atoms with E-state index >= 15 is 0 Å². The van der Waals surface area contributed by atoms with E-state index in [9.17, 15) is 4.79 Å². The first kappa shape index (κ1) is 12.6. The first-order chi connectivity index (χ1) is 7.65. The summed E-state index contributed by atoms with van der Waals surface area (Å²) in [5.74, 6) is 1.15. The Labute approximate surface area is 96.1 Å². The normalized spacial score (nSPS) is 11.0. The van der Waals surface area contributed by atoms with Gasteiger partial charge in [0.05, 0.1) is 6.61 Å². The molecule has 1 heterocycles. The Bertz CT molecular complexity index is 400. The van der Waals surface area contributed by atoms with Crippen LogP contribution in [0.25, 0.3) is 6.08 Å². The lowest BCUT2D eigenvalue weighted by Gasteiger charge is -2.01. The van der Waals surface area contributed by atoms with Gasteiger partial charge in [0, 0.05) is 12.0 Å². The molecule has 0 unspecified atom stereocenters. The Kier molecular flexibility index (Phi) is 4.35. The first-order valence-corrected chi connectivity index (χ1v) is 5.57. The van der Waals surface area contributed by atoms with Crippen molar-refractivity contribution in [1.82, 2.24) is 0 Å². The molecular formula is C13H18O3. The van der Waals surface area contributed by atoms with E-state index in [1.54, 1.807) is 13.8 Å². The predicted octanol–water partition coefficient (Wildman–Crippen LogP) is 3.36. The van der Waals surface area contributed by atoms with Crippen LogP contribution in [0.5, 0.6) is 0 Å². The number of carbonyl (C=O) groups excluding carboxylic acids is 1. The smallest absolute Gasteiger partial charge is 0.342 e. The summed E-state index contributed by atoms with van der Waals surface area (Å²) in [6.07, 6.45) is 4.55. The number of hydrogen-bond acceptors (Lipinski definition) is 3. The fourth-order valence-corrected chi connectivity index (χ4v) is 1.68. The summed E-state index contributed by atoms with van der Waals surface area (Å²) in [6, 6.07) is 0. The largest absolute Gasteiger partial charge is 0.465 e. The Morgan fingerprint density at radius 1 is 1.44 bits per heavy atom. The molecular weight excluding hydrogens is 204 g/mol. The van der Waals surface area contributed by atoms with E-state index in [1.165, 1.54) is 0 Å². The molecule has 0 aromatic carbocycles. The van der Waals surface area contributed by atoms with Crippen LogP contribution in [0.1, 0.15) is 48.2 Å². The minimum atomic E-state index is -0.309. The third-order valence-electron chi connectivity index (χ3n) is 2.33. The number of furan rings is 1. The Balaban J connectivity index is 3.24. The summed E-state index contributed by atoms with van der Waals surface area (Å²) in [5.41, 5.74) is 1.40. The maximum absolute atomic E-state index is 11.8. The quantitative estimate of drug-likeness (QED) is 0.733. The zero-order valence-electron chi connectivity index (χ0n) is 10.3. The fourth-order valence-electron chi connectivity index (χ4n) is 1.68. The van der Waals surface area contributed by atoms with Crippen molar-refractivity contribution in [2.75, 3.05) is 6.61 Å². The molecule has 0 N–H and O–H groups in total. The van der Waals surface area contributed by atoms with Gasteiger partial charge < -0.3 is 9.15 Å². The van der Waals surface area contributed by atoms with Gasteiger partial charge in [-0.2, -0.15) is 0 Å². The van der Waals surface area contributed by atoms with Crippen molar-refractivity contribution in [3.05, 3.63) is 28.7 Å².